The van der Waals surface area contributed by atoms with E-state index >= 15 is 0 Å². The summed E-state index contributed by atoms with van der Waals surface area (Å²) in [5, 5.41) is 3.13. The first-order valence-electron chi connectivity index (χ1n) is 6.66. The van der Waals surface area contributed by atoms with Gasteiger partial charge in [0.25, 0.3) is 0 Å². The Kier molecular flexibility index (Phi) is 5.40. The lowest BCUT2D eigenvalue weighted by Gasteiger charge is -2.37. The molecule has 0 aromatic rings. The molecule has 1 rings (SSSR count). The molecule has 3 unspecified atom stereocenters. The quantitative estimate of drug-likeness (QED) is 0.771. The topological polar surface area (TPSA) is 58.4 Å². The summed E-state index contributed by atoms with van der Waals surface area (Å²) in [4.78, 5) is 14.2. The lowest BCUT2D eigenvalue weighted by molar-refractivity contribution is -0.124. The molecule has 0 radical (unpaired) electrons. The van der Waals surface area contributed by atoms with E-state index in [0.717, 1.165) is 12.8 Å². The van der Waals surface area contributed by atoms with E-state index in [1.54, 1.807) is 0 Å². The fourth-order valence-corrected chi connectivity index (χ4v) is 2.48. The summed E-state index contributed by atoms with van der Waals surface area (Å²) in [5.74, 6) is 0.190. The zero-order chi connectivity index (χ0) is 13.0. The van der Waals surface area contributed by atoms with Crippen molar-refractivity contribution in [3.05, 3.63) is 0 Å². The predicted molar refractivity (Wildman–Crippen MR) is 70.7 cm³/mol. The van der Waals surface area contributed by atoms with Crippen molar-refractivity contribution in [1.82, 2.24) is 10.2 Å². The van der Waals surface area contributed by atoms with Crippen molar-refractivity contribution in [1.29, 1.82) is 0 Å². The second-order valence-corrected chi connectivity index (χ2v) is 5.70. The van der Waals surface area contributed by atoms with Gasteiger partial charge in [0.15, 0.2) is 0 Å². The van der Waals surface area contributed by atoms with Crippen molar-refractivity contribution in [2.45, 2.75) is 57.7 Å². The molecule has 0 heterocycles. The summed E-state index contributed by atoms with van der Waals surface area (Å²) in [6.45, 7) is 3.96. The first-order chi connectivity index (χ1) is 7.93. The minimum Gasteiger partial charge on any atom is -0.350 e. The average Bonchev–Trinajstić information content (AvgIpc) is 2.28. The van der Waals surface area contributed by atoms with E-state index in [2.05, 4.69) is 24.3 Å². The van der Waals surface area contributed by atoms with Gasteiger partial charge in [-0.2, -0.15) is 0 Å². The third-order valence-electron chi connectivity index (χ3n) is 3.74. The number of rotatable bonds is 4. The number of nitrogens with zero attached hydrogens (tertiary/aromatic N) is 1. The van der Waals surface area contributed by atoms with Crippen molar-refractivity contribution < 1.29 is 4.79 Å². The molecule has 0 aromatic heterocycles. The highest BCUT2D eigenvalue weighted by Gasteiger charge is 2.29. The first-order valence-corrected chi connectivity index (χ1v) is 6.66. The zero-order valence-electron chi connectivity index (χ0n) is 11.6. The fourth-order valence-electron chi connectivity index (χ4n) is 2.48. The molecule has 4 nitrogen and oxygen atoms in total. The minimum atomic E-state index is -0.389. The van der Waals surface area contributed by atoms with Gasteiger partial charge < -0.3 is 16.0 Å². The van der Waals surface area contributed by atoms with E-state index in [-0.39, 0.29) is 23.9 Å². The minimum absolute atomic E-state index is 0.00116. The van der Waals surface area contributed by atoms with Gasteiger partial charge in [-0.15, -0.1) is 0 Å². The number of hydrogen-bond acceptors (Lipinski definition) is 3. The van der Waals surface area contributed by atoms with E-state index in [0.29, 0.717) is 6.04 Å². The van der Waals surface area contributed by atoms with Crippen LogP contribution in [0.5, 0.6) is 0 Å². The maximum absolute atomic E-state index is 12.0. The molecule has 1 fully saturated rings. The van der Waals surface area contributed by atoms with E-state index in [1.807, 2.05) is 13.8 Å². The van der Waals surface area contributed by atoms with Gasteiger partial charge in [0, 0.05) is 12.1 Å². The standard InChI is InChI=1S/C13H27N3O/c1-9(2)12(14)13(17)15-10-7-5-6-8-11(10)16(3)4/h9-12H,5-8,14H2,1-4H3,(H,15,17). The van der Waals surface area contributed by atoms with Crippen LogP contribution in [0.25, 0.3) is 0 Å². The SMILES string of the molecule is CC(C)C(N)C(=O)NC1CCCCC1N(C)C. The van der Waals surface area contributed by atoms with Crippen LogP contribution < -0.4 is 11.1 Å². The van der Waals surface area contributed by atoms with Crippen LogP contribution in [0, 0.1) is 5.92 Å². The normalized spacial score (nSPS) is 27.2. The van der Waals surface area contributed by atoms with Crippen molar-refractivity contribution in [2.75, 3.05) is 14.1 Å². The Morgan fingerprint density at radius 3 is 2.41 bits per heavy atom. The summed E-state index contributed by atoms with van der Waals surface area (Å²) in [7, 11) is 4.16. The summed E-state index contributed by atoms with van der Waals surface area (Å²) in [6, 6.07) is 0.322. The van der Waals surface area contributed by atoms with Gasteiger partial charge in [0.1, 0.15) is 0 Å². The van der Waals surface area contributed by atoms with Crippen LogP contribution in [0.1, 0.15) is 39.5 Å². The Hall–Kier alpha value is -0.610. The third kappa shape index (κ3) is 3.96. The maximum Gasteiger partial charge on any atom is 0.237 e. The number of amides is 1. The lowest BCUT2D eigenvalue weighted by Crippen LogP contribution is -2.55. The molecule has 1 saturated carbocycles. The first kappa shape index (κ1) is 14.5. The smallest absolute Gasteiger partial charge is 0.237 e. The Balaban J connectivity index is 2.56. The molecule has 0 spiro atoms. The Morgan fingerprint density at radius 1 is 1.29 bits per heavy atom. The number of carbonyl (C=O) groups is 1. The highest BCUT2D eigenvalue weighted by atomic mass is 16.2. The van der Waals surface area contributed by atoms with Crippen LogP contribution in [0.2, 0.25) is 0 Å². The third-order valence-corrected chi connectivity index (χ3v) is 3.74. The molecule has 1 aliphatic carbocycles. The summed E-state index contributed by atoms with van der Waals surface area (Å²) in [5.41, 5.74) is 5.87. The van der Waals surface area contributed by atoms with Gasteiger partial charge >= 0.3 is 0 Å². The molecular formula is C13H27N3O. The largest absolute Gasteiger partial charge is 0.350 e. The second-order valence-electron chi connectivity index (χ2n) is 5.70. The lowest BCUT2D eigenvalue weighted by atomic mass is 9.89. The molecule has 0 saturated heterocycles. The van der Waals surface area contributed by atoms with Crippen molar-refractivity contribution >= 4 is 5.91 Å². The van der Waals surface area contributed by atoms with Gasteiger partial charge in [-0.05, 0) is 32.9 Å². The van der Waals surface area contributed by atoms with Crippen LogP contribution in [-0.4, -0.2) is 43.0 Å². The van der Waals surface area contributed by atoms with E-state index in [4.69, 9.17) is 5.73 Å². The molecule has 1 amide bonds. The van der Waals surface area contributed by atoms with Gasteiger partial charge in [-0.1, -0.05) is 26.7 Å². The van der Waals surface area contributed by atoms with Gasteiger partial charge in [0.05, 0.1) is 6.04 Å². The van der Waals surface area contributed by atoms with Crippen LogP contribution >= 0.6 is 0 Å². The molecular weight excluding hydrogens is 214 g/mol. The van der Waals surface area contributed by atoms with E-state index in [9.17, 15) is 4.79 Å². The highest BCUT2D eigenvalue weighted by molar-refractivity contribution is 5.82. The number of nitrogens with two attached hydrogens (primary N) is 1. The van der Waals surface area contributed by atoms with Gasteiger partial charge in [-0.25, -0.2) is 0 Å². The fraction of sp³-hybridized carbons (Fsp3) is 0.923. The summed E-state index contributed by atoms with van der Waals surface area (Å²) < 4.78 is 0. The van der Waals surface area contributed by atoms with Crippen molar-refractivity contribution in [3.8, 4) is 0 Å². The highest BCUT2D eigenvalue weighted by Crippen LogP contribution is 2.21. The molecule has 0 aromatic carbocycles. The van der Waals surface area contributed by atoms with E-state index in [1.165, 1.54) is 12.8 Å². The van der Waals surface area contributed by atoms with Gasteiger partial charge in [0.2, 0.25) is 5.91 Å². The molecule has 3 atom stereocenters. The number of carbonyl (C=O) groups excluding carboxylic acids is 1. The molecule has 100 valence electrons. The zero-order valence-corrected chi connectivity index (χ0v) is 11.6. The van der Waals surface area contributed by atoms with Crippen LogP contribution in [0.3, 0.4) is 0 Å². The summed E-state index contributed by atoms with van der Waals surface area (Å²) >= 11 is 0. The Bertz CT molecular complexity index is 253. The number of likely N-dealkylation sites (N-methyl/N-ethyl adjacent to an activating group) is 1. The van der Waals surface area contributed by atoms with Crippen LogP contribution in [0.4, 0.5) is 0 Å². The second kappa shape index (κ2) is 6.36. The number of nitrogens with one attached hydrogen (secondary N) is 1. The molecule has 0 bridgehead atoms. The molecule has 17 heavy (non-hydrogen) atoms. The molecule has 4 heteroatoms. The Labute approximate surface area is 105 Å². The average molecular weight is 241 g/mol. The van der Waals surface area contributed by atoms with Crippen molar-refractivity contribution in [3.63, 3.8) is 0 Å². The van der Waals surface area contributed by atoms with E-state index < -0.39 is 0 Å². The monoisotopic (exact) mass is 241 g/mol. The Morgan fingerprint density at radius 2 is 1.88 bits per heavy atom. The summed E-state index contributed by atoms with van der Waals surface area (Å²) in [6.07, 6.45) is 4.69. The molecule has 0 aliphatic heterocycles. The van der Waals surface area contributed by atoms with Gasteiger partial charge in [-0.3, -0.25) is 4.79 Å². The van der Waals surface area contributed by atoms with Crippen LogP contribution in [0.15, 0.2) is 0 Å². The van der Waals surface area contributed by atoms with Crippen LogP contribution in [-0.2, 0) is 4.79 Å². The molecule has 3 N–H and O–H groups in total. The number of hydrogen-bond donors (Lipinski definition) is 2. The predicted octanol–water partition coefficient (Wildman–Crippen LogP) is 0.959. The van der Waals surface area contributed by atoms with Crippen molar-refractivity contribution in [2.24, 2.45) is 11.7 Å². The maximum atomic E-state index is 12.0. The molecule has 1 aliphatic rings.